The molecule has 1 atom stereocenters. The minimum Gasteiger partial charge on any atom is -0.452 e. The molecule has 1 aliphatic heterocycles. The first-order valence-corrected chi connectivity index (χ1v) is 12.1. The molecule has 0 saturated carbocycles. The number of halogens is 1. The van der Waals surface area contributed by atoms with Crippen molar-refractivity contribution in [3.63, 3.8) is 0 Å². The molecule has 4 rings (SSSR count). The quantitative estimate of drug-likeness (QED) is 0.551. The summed E-state index contributed by atoms with van der Waals surface area (Å²) >= 11 is 5.98. The van der Waals surface area contributed by atoms with Crippen LogP contribution in [0.3, 0.4) is 0 Å². The van der Waals surface area contributed by atoms with Gasteiger partial charge in [-0.2, -0.15) is 5.10 Å². The molecule has 0 unspecified atom stereocenters. The van der Waals surface area contributed by atoms with E-state index in [-0.39, 0.29) is 17.1 Å². The lowest BCUT2D eigenvalue weighted by atomic mass is 10.1. The van der Waals surface area contributed by atoms with Gasteiger partial charge >= 0.3 is 5.97 Å². The van der Waals surface area contributed by atoms with Crippen LogP contribution < -0.4 is 5.32 Å². The molecule has 0 aliphatic carbocycles. The third-order valence-electron chi connectivity index (χ3n) is 5.00. The number of esters is 1. The highest BCUT2D eigenvalue weighted by molar-refractivity contribution is 7.91. The molecule has 3 aromatic rings. The lowest BCUT2D eigenvalue weighted by molar-refractivity contribution is -0.124. The molecule has 1 saturated heterocycles. The Balaban J connectivity index is 1.52. The van der Waals surface area contributed by atoms with Crippen LogP contribution in [0.2, 0.25) is 5.02 Å². The van der Waals surface area contributed by atoms with Crippen molar-refractivity contribution < 1.29 is 22.7 Å². The van der Waals surface area contributed by atoms with Crippen LogP contribution in [0.15, 0.2) is 60.8 Å². The van der Waals surface area contributed by atoms with E-state index in [9.17, 15) is 18.0 Å². The van der Waals surface area contributed by atoms with Crippen LogP contribution in [0.4, 0.5) is 0 Å². The number of nitrogens with one attached hydrogen (secondary N) is 1. The summed E-state index contributed by atoms with van der Waals surface area (Å²) in [7, 11) is -3.12. The number of sulfone groups is 1. The number of rotatable bonds is 6. The van der Waals surface area contributed by atoms with E-state index >= 15 is 0 Å². The fourth-order valence-corrected chi connectivity index (χ4v) is 5.24. The molecule has 1 aliphatic rings. The standard InChI is InChI=1S/C22H20ClN3O5S/c23-16-8-6-15(7-9-16)21-19(12-26(25-21)18-4-2-1-3-5-18)22(28)31-13-20(27)24-17-10-11-32(29,30)14-17/h1-9,12,17H,10-11,13-14H2,(H,24,27)/t17-/m1/s1. The number of hydrogen-bond donors (Lipinski definition) is 1. The van der Waals surface area contributed by atoms with Gasteiger partial charge in [-0.25, -0.2) is 17.9 Å². The van der Waals surface area contributed by atoms with Crippen molar-refractivity contribution in [2.24, 2.45) is 0 Å². The van der Waals surface area contributed by atoms with E-state index in [1.807, 2.05) is 30.3 Å². The minimum absolute atomic E-state index is 0.0425. The lowest BCUT2D eigenvalue weighted by Crippen LogP contribution is -2.38. The maximum Gasteiger partial charge on any atom is 0.342 e. The zero-order chi connectivity index (χ0) is 22.7. The molecule has 1 amide bonds. The van der Waals surface area contributed by atoms with Gasteiger partial charge in [0.15, 0.2) is 16.4 Å². The van der Waals surface area contributed by atoms with Crippen molar-refractivity contribution in [3.05, 3.63) is 71.4 Å². The lowest BCUT2D eigenvalue weighted by Gasteiger charge is -2.11. The second-order valence-electron chi connectivity index (χ2n) is 7.42. The van der Waals surface area contributed by atoms with Crippen molar-refractivity contribution in [1.29, 1.82) is 0 Å². The summed E-state index contributed by atoms with van der Waals surface area (Å²) in [6.07, 6.45) is 1.90. The summed E-state index contributed by atoms with van der Waals surface area (Å²) in [6, 6.07) is 15.7. The van der Waals surface area contributed by atoms with Crippen LogP contribution in [0, 0.1) is 0 Å². The molecule has 0 radical (unpaired) electrons. The Kier molecular flexibility index (Phi) is 6.29. The molecule has 1 N–H and O–H groups in total. The second kappa shape index (κ2) is 9.13. The van der Waals surface area contributed by atoms with Crippen molar-refractivity contribution in [2.45, 2.75) is 12.5 Å². The van der Waals surface area contributed by atoms with Gasteiger partial charge in [0.1, 0.15) is 11.3 Å². The van der Waals surface area contributed by atoms with Gasteiger partial charge in [-0.1, -0.05) is 41.9 Å². The molecule has 10 heteroatoms. The zero-order valence-corrected chi connectivity index (χ0v) is 18.5. The molecule has 1 aromatic heterocycles. The third kappa shape index (κ3) is 5.17. The number of hydrogen-bond acceptors (Lipinski definition) is 6. The van der Waals surface area contributed by atoms with E-state index in [1.165, 1.54) is 0 Å². The Morgan fingerprint density at radius 2 is 1.84 bits per heavy atom. The third-order valence-corrected chi connectivity index (χ3v) is 7.02. The zero-order valence-electron chi connectivity index (χ0n) is 16.9. The number of benzene rings is 2. The summed E-state index contributed by atoms with van der Waals surface area (Å²) in [6.45, 7) is -0.522. The van der Waals surface area contributed by atoms with E-state index in [0.29, 0.717) is 22.7 Å². The Hall–Kier alpha value is -3.17. The number of carbonyl (C=O) groups excluding carboxylic acids is 2. The molecular weight excluding hydrogens is 454 g/mol. The molecule has 166 valence electrons. The molecule has 2 aromatic carbocycles. The first-order chi connectivity index (χ1) is 15.3. The average Bonchev–Trinajstić information content (AvgIpc) is 3.36. The number of nitrogens with zero attached hydrogens (tertiary/aromatic N) is 2. The van der Waals surface area contributed by atoms with Gasteiger partial charge in [0.2, 0.25) is 0 Å². The number of aromatic nitrogens is 2. The van der Waals surface area contributed by atoms with Crippen molar-refractivity contribution in [2.75, 3.05) is 18.1 Å². The van der Waals surface area contributed by atoms with Crippen LogP contribution in [0.25, 0.3) is 16.9 Å². The fraction of sp³-hybridized carbons (Fsp3) is 0.227. The SMILES string of the molecule is O=C(COC(=O)c1cn(-c2ccccc2)nc1-c1ccc(Cl)cc1)N[C@@H]1CCS(=O)(=O)C1. The average molecular weight is 474 g/mol. The first kappa shape index (κ1) is 22.0. The van der Waals surface area contributed by atoms with E-state index in [2.05, 4.69) is 10.4 Å². The minimum atomic E-state index is -3.12. The second-order valence-corrected chi connectivity index (χ2v) is 10.1. The van der Waals surface area contributed by atoms with Gasteiger partial charge < -0.3 is 10.1 Å². The largest absolute Gasteiger partial charge is 0.452 e. The Morgan fingerprint density at radius 3 is 2.50 bits per heavy atom. The highest BCUT2D eigenvalue weighted by Gasteiger charge is 2.29. The Labute approximate surface area is 190 Å². The number of amides is 1. The predicted octanol–water partition coefficient (Wildman–Crippen LogP) is 2.65. The van der Waals surface area contributed by atoms with Crippen LogP contribution in [0.5, 0.6) is 0 Å². The van der Waals surface area contributed by atoms with Gasteiger partial charge in [-0.05, 0) is 30.7 Å². The van der Waals surface area contributed by atoms with Crippen LogP contribution in [0.1, 0.15) is 16.8 Å². The maximum atomic E-state index is 12.8. The Morgan fingerprint density at radius 1 is 1.12 bits per heavy atom. The fourth-order valence-electron chi connectivity index (χ4n) is 3.44. The summed E-state index contributed by atoms with van der Waals surface area (Å²) in [5.41, 5.74) is 1.99. The molecule has 8 nitrogen and oxygen atoms in total. The maximum absolute atomic E-state index is 12.8. The van der Waals surface area contributed by atoms with Gasteiger partial charge in [-0.15, -0.1) is 0 Å². The highest BCUT2D eigenvalue weighted by atomic mass is 35.5. The molecular formula is C22H20ClN3O5S. The normalized spacial score (nSPS) is 17.1. The number of ether oxygens (including phenoxy) is 1. The summed E-state index contributed by atoms with van der Waals surface area (Å²) in [4.78, 5) is 25.0. The van der Waals surface area contributed by atoms with E-state index in [4.69, 9.17) is 16.3 Å². The highest BCUT2D eigenvalue weighted by Crippen LogP contribution is 2.26. The molecule has 0 spiro atoms. The summed E-state index contributed by atoms with van der Waals surface area (Å²) < 4.78 is 29.8. The first-order valence-electron chi connectivity index (χ1n) is 9.89. The monoisotopic (exact) mass is 473 g/mol. The van der Waals surface area contributed by atoms with Crippen LogP contribution in [-0.4, -0.2) is 54.2 Å². The van der Waals surface area contributed by atoms with Gasteiger partial charge in [-0.3, -0.25) is 4.79 Å². The van der Waals surface area contributed by atoms with Crippen molar-refractivity contribution in [1.82, 2.24) is 15.1 Å². The molecule has 1 fully saturated rings. The Bertz CT molecular complexity index is 1240. The van der Waals surface area contributed by atoms with Crippen LogP contribution >= 0.6 is 11.6 Å². The van der Waals surface area contributed by atoms with Gasteiger partial charge in [0.25, 0.3) is 5.91 Å². The smallest absolute Gasteiger partial charge is 0.342 e. The van der Waals surface area contributed by atoms with E-state index in [1.54, 1.807) is 35.1 Å². The number of carbonyl (C=O) groups is 2. The predicted molar refractivity (Wildman–Crippen MR) is 119 cm³/mol. The van der Waals surface area contributed by atoms with Crippen LogP contribution in [-0.2, 0) is 19.4 Å². The summed E-state index contributed by atoms with van der Waals surface area (Å²) in [5, 5.41) is 7.67. The van der Waals surface area contributed by atoms with E-state index < -0.39 is 34.4 Å². The topological polar surface area (TPSA) is 107 Å². The summed E-state index contributed by atoms with van der Waals surface area (Å²) in [5.74, 6) is -1.33. The van der Waals surface area contributed by atoms with Gasteiger partial charge in [0.05, 0.1) is 17.2 Å². The van der Waals surface area contributed by atoms with Gasteiger partial charge in [0, 0.05) is 22.8 Å². The van der Waals surface area contributed by atoms with Crippen molar-refractivity contribution in [3.8, 4) is 16.9 Å². The molecule has 2 heterocycles. The van der Waals surface area contributed by atoms with E-state index in [0.717, 1.165) is 5.69 Å². The van der Waals surface area contributed by atoms with Crippen molar-refractivity contribution >= 4 is 33.3 Å². The number of para-hydroxylation sites is 1. The molecule has 32 heavy (non-hydrogen) atoms. The molecule has 0 bridgehead atoms.